The number of nitrogens with zero attached hydrogens (tertiary/aromatic N) is 1. The zero-order chi connectivity index (χ0) is 13.8. The fourth-order valence-electron chi connectivity index (χ4n) is 3.40. The highest BCUT2D eigenvalue weighted by molar-refractivity contribution is 5.80. The van der Waals surface area contributed by atoms with Gasteiger partial charge in [0.2, 0.25) is 5.91 Å². The Morgan fingerprint density at radius 2 is 1.74 bits per heavy atom. The first-order valence-corrected chi connectivity index (χ1v) is 7.35. The molecule has 0 aromatic rings. The molecule has 0 aromatic carbocycles. The van der Waals surface area contributed by atoms with Crippen LogP contribution in [0, 0.1) is 17.8 Å². The van der Waals surface area contributed by atoms with Crippen molar-refractivity contribution in [3.8, 4) is 0 Å². The van der Waals surface area contributed by atoms with E-state index in [0.717, 1.165) is 19.3 Å². The summed E-state index contributed by atoms with van der Waals surface area (Å²) in [6.45, 7) is 1.76. The molecule has 108 valence electrons. The van der Waals surface area contributed by atoms with E-state index in [1.54, 1.807) is 0 Å². The van der Waals surface area contributed by atoms with E-state index < -0.39 is 5.97 Å². The van der Waals surface area contributed by atoms with Crippen molar-refractivity contribution < 1.29 is 14.7 Å². The normalized spacial score (nSPS) is 29.2. The second kappa shape index (κ2) is 6.37. The monoisotopic (exact) mass is 268 g/mol. The SMILES string of the molecule is NCC1CCCCC1C(=O)N1CCC(C(=O)O)CC1. The van der Waals surface area contributed by atoms with Gasteiger partial charge in [-0.1, -0.05) is 12.8 Å². The lowest BCUT2D eigenvalue weighted by atomic mass is 9.78. The van der Waals surface area contributed by atoms with Gasteiger partial charge in [0.15, 0.2) is 0 Å². The average molecular weight is 268 g/mol. The van der Waals surface area contributed by atoms with Gasteiger partial charge in [-0.15, -0.1) is 0 Å². The molecule has 2 rings (SSSR count). The van der Waals surface area contributed by atoms with E-state index in [1.165, 1.54) is 6.42 Å². The number of carbonyl (C=O) groups is 2. The summed E-state index contributed by atoms with van der Waals surface area (Å²) < 4.78 is 0. The van der Waals surface area contributed by atoms with Crippen molar-refractivity contribution in [3.63, 3.8) is 0 Å². The third-order valence-electron chi connectivity index (χ3n) is 4.68. The third-order valence-corrected chi connectivity index (χ3v) is 4.68. The number of rotatable bonds is 3. The maximum Gasteiger partial charge on any atom is 0.306 e. The summed E-state index contributed by atoms with van der Waals surface area (Å²) in [5, 5.41) is 8.97. The zero-order valence-corrected chi connectivity index (χ0v) is 11.4. The van der Waals surface area contributed by atoms with Crippen LogP contribution in [0.25, 0.3) is 0 Å². The van der Waals surface area contributed by atoms with Crippen LogP contribution in [-0.2, 0) is 9.59 Å². The highest BCUT2D eigenvalue weighted by Gasteiger charge is 2.35. The van der Waals surface area contributed by atoms with Crippen LogP contribution in [0.5, 0.6) is 0 Å². The lowest BCUT2D eigenvalue weighted by Crippen LogP contribution is -2.46. The smallest absolute Gasteiger partial charge is 0.306 e. The highest BCUT2D eigenvalue weighted by atomic mass is 16.4. The molecule has 2 unspecified atom stereocenters. The predicted octanol–water partition coefficient (Wildman–Crippen LogP) is 1.07. The molecule has 1 aliphatic carbocycles. The van der Waals surface area contributed by atoms with Gasteiger partial charge in [-0.2, -0.15) is 0 Å². The molecule has 1 amide bonds. The number of carboxylic acids is 1. The van der Waals surface area contributed by atoms with E-state index in [-0.39, 0.29) is 17.7 Å². The third kappa shape index (κ3) is 3.26. The van der Waals surface area contributed by atoms with Gasteiger partial charge in [-0.05, 0) is 38.1 Å². The fraction of sp³-hybridized carbons (Fsp3) is 0.857. The van der Waals surface area contributed by atoms with Crippen molar-refractivity contribution in [1.82, 2.24) is 4.90 Å². The van der Waals surface area contributed by atoms with Gasteiger partial charge in [0.1, 0.15) is 0 Å². The number of piperidine rings is 1. The molecule has 19 heavy (non-hydrogen) atoms. The first-order chi connectivity index (χ1) is 9.13. The minimum atomic E-state index is -0.732. The minimum absolute atomic E-state index is 0.0696. The fourth-order valence-corrected chi connectivity index (χ4v) is 3.40. The van der Waals surface area contributed by atoms with Gasteiger partial charge in [0, 0.05) is 19.0 Å². The van der Waals surface area contributed by atoms with E-state index in [4.69, 9.17) is 10.8 Å². The molecule has 1 saturated heterocycles. The lowest BCUT2D eigenvalue weighted by molar-refractivity contribution is -0.147. The molecule has 5 nitrogen and oxygen atoms in total. The number of aliphatic carboxylic acids is 1. The Morgan fingerprint density at radius 3 is 2.32 bits per heavy atom. The Bertz CT molecular complexity index is 338. The van der Waals surface area contributed by atoms with Crippen molar-refractivity contribution in [3.05, 3.63) is 0 Å². The molecule has 0 radical (unpaired) electrons. The molecular formula is C14H24N2O3. The van der Waals surface area contributed by atoms with Crippen LogP contribution in [0.4, 0.5) is 0 Å². The van der Waals surface area contributed by atoms with Crippen molar-refractivity contribution in [2.75, 3.05) is 19.6 Å². The van der Waals surface area contributed by atoms with Crippen LogP contribution in [-0.4, -0.2) is 41.5 Å². The highest BCUT2D eigenvalue weighted by Crippen LogP contribution is 2.32. The molecule has 2 fully saturated rings. The summed E-state index contributed by atoms with van der Waals surface area (Å²) >= 11 is 0. The first kappa shape index (κ1) is 14.3. The van der Waals surface area contributed by atoms with Crippen LogP contribution in [0.1, 0.15) is 38.5 Å². The van der Waals surface area contributed by atoms with Crippen LogP contribution < -0.4 is 5.73 Å². The predicted molar refractivity (Wildman–Crippen MR) is 71.4 cm³/mol. The summed E-state index contributed by atoms with van der Waals surface area (Å²) in [6, 6.07) is 0. The number of hydrogen-bond acceptors (Lipinski definition) is 3. The van der Waals surface area contributed by atoms with Crippen molar-refractivity contribution in [2.45, 2.75) is 38.5 Å². The molecule has 2 atom stereocenters. The Morgan fingerprint density at radius 1 is 1.11 bits per heavy atom. The minimum Gasteiger partial charge on any atom is -0.481 e. The van der Waals surface area contributed by atoms with Crippen LogP contribution in [0.2, 0.25) is 0 Å². The second-order valence-electron chi connectivity index (χ2n) is 5.82. The van der Waals surface area contributed by atoms with Crippen LogP contribution >= 0.6 is 0 Å². The molecule has 0 bridgehead atoms. The van der Waals surface area contributed by atoms with Crippen molar-refractivity contribution in [2.24, 2.45) is 23.5 Å². The van der Waals surface area contributed by atoms with Gasteiger partial charge < -0.3 is 15.7 Å². The summed E-state index contributed by atoms with van der Waals surface area (Å²) in [7, 11) is 0. The average Bonchev–Trinajstić information content (AvgIpc) is 2.46. The number of carbonyl (C=O) groups excluding carboxylic acids is 1. The molecule has 1 saturated carbocycles. The summed E-state index contributed by atoms with van der Waals surface area (Å²) in [4.78, 5) is 25.3. The Balaban J connectivity index is 1.91. The quantitative estimate of drug-likeness (QED) is 0.802. The zero-order valence-electron chi connectivity index (χ0n) is 11.4. The van der Waals surface area contributed by atoms with Gasteiger partial charge >= 0.3 is 5.97 Å². The van der Waals surface area contributed by atoms with Crippen molar-refractivity contribution in [1.29, 1.82) is 0 Å². The number of likely N-dealkylation sites (tertiary alicyclic amines) is 1. The standard InChI is InChI=1S/C14H24N2O3/c15-9-11-3-1-2-4-12(11)13(17)16-7-5-10(6-8-16)14(18)19/h10-12H,1-9,15H2,(H,18,19). The van der Waals surface area contributed by atoms with E-state index >= 15 is 0 Å². The summed E-state index contributed by atoms with van der Waals surface area (Å²) in [5.74, 6) is -0.414. The summed E-state index contributed by atoms with van der Waals surface area (Å²) in [5.41, 5.74) is 5.77. The van der Waals surface area contributed by atoms with E-state index in [1.807, 2.05) is 4.90 Å². The molecular weight excluding hydrogens is 244 g/mol. The number of amides is 1. The molecule has 1 aliphatic heterocycles. The largest absolute Gasteiger partial charge is 0.481 e. The molecule has 0 aromatic heterocycles. The molecule has 5 heteroatoms. The molecule has 0 spiro atoms. The maximum absolute atomic E-state index is 12.5. The summed E-state index contributed by atoms with van der Waals surface area (Å²) in [6.07, 6.45) is 5.45. The van der Waals surface area contributed by atoms with Gasteiger partial charge in [-0.25, -0.2) is 0 Å². The van der Waals surface area contributed by atoms with Crippen LogP contribution in [0.3, 0.4) is 0 Å². The van der Waals surface area contributed by atoms with E-state index in [9.17, 15) is 9.59 Å². The second-order valence-corrected chi connectivity index (χ2v) is 5.82. The Labute approximate surface area is 114 Å². The number of hydrogen-bond donors (Lipinski definition) is 2. The Kier molecular flexibility index (Phi) is 4.80. The topological polar surface area (TPSA) is 83.6 Å². The number of nitrogens with two attached hydrogens (primary N) is 1. The Hall–Kier alpha value is -1.10. The van der Waals surface area contributed by atoms with E-state index in [0.29, 0.717) is 38.4 Å². The molecule has 1 heterocycles. The first-order valence-electron chi connectivity index (χ1n) is 7.35. The lowest BCUT2D eigenvalue weighted by Gasteiger charge is -2.37. The molecule has 2 aliphatic rings. The number of carboxylic acid groups (broad SMARTS) is 1. The molecule has 3 N–H and O–H groups in total. The van der Waals surface area contributed by atoms with Crippen LogP contribution in [0.15, 0.2) is 0 Å². The van der Waals surface area contributed by atoms with Gasteiger partial charge in [-0.3, -0.25) is 9.59 Å². The van der Waals surface area contributed by atoms with E-state index in [2.05, 4.69) is 0 Å². The maximum atomic E-state index is 12.5. The van der Waals surface area contributed by atoms with Crippen molar-refractivity contribution >= 4 is 11.9 Å². The van der Waals surface area contributed by atoms with Gasteiger partial charge in [0.25, 0.3) is 0 Å². The van der Waals surface area contributed by atoms with Gasteiger partial charge in [0.05, 0.1) is 5.92 Å².